The van der Waals surface area contributed by atoms with Crippen LogP contribution in [0.25, 0.3) is 11.0 Å². The van der Waals surface area contributed by atoms with E-state index < -0.39 is 23.6 Å². The number of carbonyl (C=O) groups excluding carboxylic acids is 3. The molecule has 0 radical (unpaired) electrons. The minimum atomic E-state index is -0.892. The molecular weight excluding hydrogens is 434 g/mol. The van der Waals surface area contributed by atoms with Crippen molar-refractivity contribution in [1.82, 2.24) is 15.1 Å². The number of urea groups is 1. The summed E-state index contributed by atoms with van der Waals surface area (Å²) in [5.41, 5.74) is 1.20. The second-order valence-electron chi connectivity index (χ2n) is 10.4. The summed E-state index contributed by atoms with van der Waals surface area (Å²) in [4.78, 5) is 42.1. The van der Waals surface area contributed by atoms with Gasteiger partial charge >= 0.3 is 12.1 Å². The molecule has 3 rings (SSSR count). The Kier molecular flexibility index (Phi) is 7.89. The highest BCUT2D eigenvalue weighted by atomic mass is 16.6. The molecule has 8 heteroatoms. The monoisotopic (exact) mass is 471 g/mol. The van der Waals surface area contributed by atoms with E-state index >= 15 is 0 Å². The minimum absolute atomic E-state index is 0.0231. The van der Waals surface area contributed by atoms with E-state index in [2.05, 4.69) is 5.32 Å². The van der Waals surface area contributed by atoms with E-state index in [1.165, 1.54) is 4.90 Å². The van der Waals surface area contributed by atoms with E-state index in [0.29, 0.717) is 13.0 Å². The summed E-state index contributed by atoms with van der Waals surface area (Å²) in [6.45, 7) is 11.6. The van der Waals surface area contributed by atoms with Crippen LogP contribution in [0.2, 0.25) is 0 Å². The van der Waals surface area contributed by atoms with Crippen molar-refractivity contribution in [2.45, 2.75) is 78.5 Å². The Balaban J connectivity index is 1.74. The lowest BCUT2D eigenvalue weighted by molar-refractivity contribution is -0.131. The molecule has 2 heterocycles. The van der Waals surface area contributed by atoms with Gasteiger partial charge in [0, 0.05) is 30.1 Å². The van der Waals surface area contributed by atoms with Crippen molar-refractivity contribution in [2.24, 2.45) is 5.92 Å². The van der Waals surface area contributed by atoms with E-state index in [0.717, 1.165) is 29.4 Å². The van der Waals surface area contributed by atoms with Crippen LogP contribution in [0.15, 0.2) is 34.9 Å². The summed E-state index contributed by atoms with van der Waals surface area (Å²) in [7, 11) is 0. The van der Waals surface area contributed by atoms with Gasteiger partial charge in [-0.15, -0.1) is 0 Å². The number of fused-ring (bicyclic) bond motifs is 1. The molecule has 0 spiro atoms. The zero-order valence-electron chi connectivity index (χ0n) is 21.1. The van der Waals surface area contributed by atoms with Crippen molar-refractivity contribution in [1.29, 1.82) is 0 Å². The summed E-state index contributed by atoms with van der Waals surface area (Å²) in [6.07, 6.45) is 3.48. The maximum absolute atomic E-state index is 13.6. The van der Waals surface area contributed by atoms with Crippen molar-refractivity contribution >= 4 is 29.0 Å². The van der Waals surface area contributed by atoms with Crippen LogP contribution in [0.1, 0.15) is 59.9 Å². The molecule has 1 aromatic carbocycles. The first kappa shape index (κ1) is 25.6. The molecule has 1 saturated heterocycles. The first-order chi connectivity index (χ1) is 16.0. The van der Waals surface area contributed by atoms with Crippen LogP contribution in [-0.4, -0.2) is 58.6 Å². The number of nitrogens with one attached hydrogen (secondary N) is 1. The molecular formula is C26H37N3O5. The van der Waals surface area contributed by atoms with Crippen LogP contribution >= 0.6 is 0 Å². The van der Waals surface area contributed by atoms with Gasteiger partial charge in [-0.25, -0.2) is 9.59 Å². The van der Waals surface area contributed by atoms with E-state index in [1.54, 1.807) is 38.9 Å². The van der Waals surface area contributed by atoms with Gasteiger partial charge in [0.15, 0.2) is 0 Å². The van der Waals surface area contributed by atoms with E-state index in [9.17, 15) is 14.4 Å². The molecule has 4 amide bonds. The summed E-state index contributed by atoms with van der Waals surface area (Å²) < 4.78 is 10.9. The third-order valence-corrected chi connectivity index (χ3v) is 5.79. The number of furan rings is 1. The SMILES string of the molecule is CC(C)CN(C(=O)[C@H](C)NC(=O)OC(C)(C)C)C(=O)N1CCC[C@H]1Cc1coc2ccccc12. The second-order valence-corrected chi connectivity index (χ2v) is 10.4. The predicted molar refractivity (Wildman–Crippen MR) is 130 cm³/mol. The van der Waals surface area contributed by atoms with Gasteiger partial charge in [-0.1, -0.05) is 32.0 Å². The average Bonchev–Trinajstić information content (AvgIpc) is 3.37. The molecule has 1 N–H and O–H groups in total. The largest absolute Gasteiger partial charge is 0.464 e. The van der Waals surface area contributed by atoms with Gasteiger partial charge in [-0.3, -0.25) is 9.69 Å². The van der Waals surface area contributed by atoms with Gasteiger partial charge in [-0.05, 0) is 58.9 Å². The van der Waals surface area contributed by atoms with Crippen molar-refractivity contribution in [2.75, 3.05) is 13.1 Å². The number of amides is 4. The molecule has 1 fully saturated rings. The summed E-state index contributed by atoms with van der Waals surface area (Å²) in [5.74, 6) is -0.357. The summed E-state index contributed by atoms with van der Waals surface area (Å²) >= 11 is 0. The van der Waals surface area contributed by atoms with Gasteiger partial charge in [0.05, 0.1) is 6.26 Å². The zero-order chi connectivity index (χ0) is 25.0. The number of imide groups is 1. The van der Waals surface area contributed by atoms with Crippen molar-refractivity contribution in [3.8, 4) is 0 Å². The molecule has 34 heavy (non-hydrogen) atoms. The normalized spacial score (nSPS) is 17.1. The van der Waals surface area contributed by atoms with Crippen LogP contribution in [0, 0.1) is 5.92 Å². The molecule has 1 aliphatic rings. The maximum Gasteiger partial charge on any atom is 0.408 e. The Morgan fingerprint density at radius 1 is 1.21 bits per heavy atom. The molecule has 186 valence electrons. The van der Waals surface area contributed by atoms with Crippen molar-refractivity contribution < 1.29 is 23.5 Å². The molecule has 0 bridgehead atoms. The molecule has 2 aromatic rings. The highest BCUT2D eigenvalue weighted by Gasteiger charge is 2.37. The Morgan fingerprint density at radius 3 is 2.59 bits per heavy atom. The van der Waals surface area contributed by atoms with Gasteiger partial charge in [0.25, 0.3) is 5.91 Å². The Bertz CT molecular complexity index is 1020. The van der Waals surface area contributed by atoms with E-state index in [-0.39, 0.29) is 24.5 Å². The van der Waals surface area contributed by atoms with Crippen LogP contribution in [0.5, 0.6) is 0 Å². The number of likely N-dealkylation sites (tertiary alicyclic amines) is 1. The number of nitrogens with zero attached hydrogens (tertiary/aromatic N) is 2. The summed E-state index contributed by atoms with van der Waals surface area (Å²) in [5, 5.41) is 3.62. The Hall–Kier alpha value is -3.03. The smallest absolute Gasteiger partial charge is 0.408 e. The van der Waals surface area contributed by atoms with Crippen molar-refractivity contribution in [3.05, 3.63) is 36.1 Å². The van der Waals surface area contributed by atoms with Gasteiger partial charge in [-0.2, -0.15) is 0 Å². The standard InChI is InChI=1S/C26H37N3O5/c1-17(2)15-29(23(30)18(3)27-24(31)34-26(4,5)6)25(32)28-13-9-10-20(28)14-19-16-33-22-12-8-7-11-21(19)22/h7-8,11-12,16-18,20H,9-10,13-15H2,1-6H3,(H,27,31)/t18-,20-/m0/s1. The lowest BCUT2D eigenvalue weighted by Gasteiger charge is -2.33. The van der Waals surface area contributed by atoms with Gasteiger partial charge in [0.2, 0.25) is 0 Å². The zero-order valence-corrected chi connectivity index (χ0v) is 21.1. The Morgan fingerprint density at radius 2 is 1.91 bits per heavy atom. The third-order valence-electron chi connectivity index (χ3n) is 5.79. The minimum Gasteiger partial charge on any atom is -0.464 e. The lowest BCUT2D eigenvalue weighted by atomic mass is 10.0. The fourth-order valence-electron chi connectivity index (χ4n) is 4.31. The molecule has 1 aliphatic heterocycles. The number of carbonyl (C=O) groups is 3. The highest BCUT2D eigenvalue weighted by Crippen LogP contribution is 2.28. The first-order valence-electron chi connectivity index (χ1n) is 12.0. The lowest BCUT2D eigenvalue weighted by Crippen LogP contribution is -2.55. The topological polar surface area (TPSA) is 92.1 Å². The molecule has 0 saturated carbocycles. The third kappa shape index (κ3) is 6.30. The first-order valence-corrected chi connectivity index (χ1v) is 12.0. The number of alkyl carbamates (subject to hydrolysis) is 1. The quantitative estimate of drug-likeness (QED) is 0.643. The van der Waals surface area contributed by atoms with Gasteiger partial charge in [0.1, 0.15) is 17.2 Å². The predicted octanol–water partition coefficient (Wildman–Crippen LogP) is 4.96. The van der Waals surface area contributed by atoms with E-state index in [1.807, 2.05) is 38.1 Å². The molecule has 1 aromatic heterocycles. The number of benzene rings is 1. The maximum atomic E-state index is 13.6. The van der Waals surface area contributed by atoms with E-state index in [4.69, 9.17) is 9.15 Å². The van der Waals surface area contributed by atoms with Crippen LogP contribution < -0.4 is 5.32 Å². The fraction of sp³-hybridized carbons (Fsp3) is 0.577. The number of para-hydroxylation sites is 1. The number of rotatable bonds is 6. The average molecular weight is 472 g/mol. The number of hydrogen-bond donors (Lipinski definition) is 1. The van der Waals surface area contributed by atoms with Crippen LogP contribution in [-0.2, 0) is 16.0 Å². The van der Waals surface area contributed by atoms with Crippen LogP contribution in [0.4, 0.5) is 9.59 Å². The highest BCUT2D eigenvalue weighted by molar-refractivity contribution is 5.98. The molecule has 0 unspecified atom stereocenters. The molecule has 8 nitrogen and oxygen atoms in total. The second kappa shape index (κ2) is 10.5. The van der Waals surface area contributed by atoms with Crippen LogP contribution in [0.3, 0.4) is 0 Å². The molecule has 0 aliphatic carbocycles. The summed E-state index contributed by atoms with van der Waals surface area (Å²) in [6, 6.07) is 6.63. The molecule has 2 atom stereocenters. The van der Waals surface area contributed by atoms with Gasteiger partial charge < -0.3 is 19.4 Å². The van der Waals surface area contributed by atoms with Crippen molar-refractivity contribution in [3.63, 3.8) is 0 Å². The Labute approximate surface area is 201 Å². The number of hydrogen-bond acceptors (Lipinski definition) is 5. The number of ether oxygens (including phenoxy) is 1. The fourth-order valence-corrected chi connectivity index (χ4v) is 4.31.